The van der Waals surface area contributed by atoms with E-state index in [1.165, 1.54) is 0 Å². The van der Waals surface area contributed by atoms with Crippen LogP contribution in [0.15, 0.2) is 30.3 Å². The van der Waals surface area contributed by atoms with Crippen LogP contribution in [0.4, 0.5) is 0 Å². The Morgan fingerprint density at radius 2 is 1.68 bits per heavy atom. The van der Waals surface area contributed by atoms with E-state index in [2.05, 4.69) is 0 Å². The second kappa shape index (κ2) is 6.17. The fourth-order valence-electron chi connectivity index (χ4n) is 1.51. The molecule has 1 rings (SSSR count). The van der Waals surface area contributed by atoms with Gasteiger partial charge in [0.2, 0.25) is 0 Å². The predicted molar refractivity (Wildman–Crippen MR) is 73.2 cm³/mol. The minimum Gasteiger partial charge on any atom is -0.229 e. The van der Waals surface area contributed by atoms with Crippen molar-refractivity contribution in [3.05, 3.63) is 35.9 Å². The topological polar surface area (TPSA) is 92.1 Å². The normalized spacial score (nSPS) is 13.7. The van der Waals surface area contributed by atoms with Crippen LogP contribution in [-0.4, -0.2) is 40.3 Å². The molecule has 0 N–H and O–H groups in total. The van der Waals surface area contributed by atoms with E-state index >= 15 is 0 Å². The van der Waals surface area contributed by atoms with E-state index in [0.717, 1.165) is 6.26 Å². The zero-order valence-corrected chi connectivity index (χ0v) is 12.1. The molecule has 5 nitrogen and oxygen atoms in total. The summed E-state index contributed by atoms with van der Waals surface area (Å²) in [5.74, 6) is -1.99. The maximum atomic E-state index is 11.8. The Morgan fingerprint density at radius 1 is 1.11 bits per heavy atom. The Balaban J connectivity index is 2.80. The van der Waals surface area contributed by atoms with Gasteiger partial charge in [0.25, 0.3) is 0 Å². The lowest BCUT2D eigenvalue weighted by molar-refractivity contribution is 0.588. The first-order chi connectivity index (χ1) is 8.73. The number of hydrogen-bond donors (Lipinski definition) is 0. The van der Waals surface area contributed by atoms with E-state index in [1.54, 1.807) is 30.3 Å². The second-order valence-electron chi connectivity index (χ2n) is 4.34. The molecule has 7 heteroatoms. The lowest BCUT2D eigenvalue weighted by Gasteiger charge is -2.09. The molecule has 0 amide bonds. The van der Waals surface area contributed by atoms with Crippen LogP contribution in [0.3, 0.4) is 0 Å². The Morgan fingerprint density at radius 3 is 2.16 bits per heavy atom. The van der Waals surface area contributed by atoms with Crippen molar-refractivity contribution in [2.24, 2.45) is 0 Å². The molecule has 1 aromatic rings. The lowest BCUT2D eigenvalue weighted by Crippen LogP contribution is -2.22. The first kappa shape index (κ1) is 15.7. The predicted octanol–water partition coefficient (Wildman–Crippen LogP) is 0.753. The molecular formula is C12H15NO4S2. The van der Waals surface area contributed by atoms with Crippen LogP contribution in [0.1, 0.15) is 11.5 Å². The van der Waals surface area contributed by atoms with Gasteiger partial charge in [0.05, 0.1) is 29.2 Å². The Labute approximate surface area is 113 Å². The SMILES string of the molecule is CS(=O)(=O)CCS(=O)(=O)CC(C#N)c1ccccc1. The van der Waals surface area contributed by atoms with E-state index in [4.69, 9.17) is 5.26 Å². The van der Waals surface area contributed by atoms with Gasteiger partial charge in [0, 0.05) is 6.26 Å². The maximum absolute atomic E-state index is 11.8. The molecule has 104 valence electrons. The lowest BCUT2D eigenvalue weighted by atomic mass is 10.0. The summed E-state index contributed by atoms with van der Waals surface area (Å²) < 4.78 is 45.6. The van der Waals surface area contributed by atoms with Gasteiger partial charge in [-0.25, -0.2) is 16.8 Å². The third kappa shape index (κ3) is 5.85. The molecule has 0 aromatic heterocycles. The fourth-order valence-corrected chi connectivity index (χ4v) is 4.68. The van der Waals surface area contributed by atoms with Crippen LogP contribution in [0.5, 0.6) is 0 Å². The summed E-state index contributed by atoms with van der Waals surface area (Å²) in [6.07, 6.45) is 0.988. The van der Waals surface area contributed by atoms with Crippen molar-refractivity contribution in [2.75, 3.05) is 23.5 Å². The van der Waals surface area contributed by atoms with Crippen LogP contribution in [-0.2, 0) is 19.7 Å². The molecule has 0 heterocycles. The molecule has 0 aliphatic carbocycles. The fraction of sp³-hybridized carbons (Fsp3) is 0.417. The number of hydrogen-bond acceptors (Lipinski definition) is 5. The second-order valence-corrected chi connectivity index (χ2v) is 8.83. The summed E-state index contributed by atoms with van der Waals surface area (Å²) in [5, 5.41) is 9.04. The molecular weight excluding hydrogens is 286 g/mol. The van der Waals surface area contributed by atoms with Crippen molar-refractivity contribution in [1.29, 1.82) is 5.26 Å². The highest BCUT2D eigenvalue weighted by atomic mass is 32.2. The van der Waals surface area contributed by atoms with Crippen molar-refractivity contribution in [1.82, 2.24) is 0 Å². The molecule has 1 unspecified atom stereocenters. The zero-order valence-electron chi connectivity index (χ0n) is 10.5. The molecule has 0 saturated heterocycles. The smallest absolute Gasteiger partial charge is 0.152 e. The van der Waals surface area contributed by atoms with E-state index in [0.29, 0.717) is 5.56 Å². The Kier molecular flexibility index (Phi) is 5.09. The van der Waals surface area contributed by atoms with E-state index in [1.807, 2.05) is 6.07 Å². The van der Waals surface area contributed by atoms with Gasteiger partial charge in [-0.15, -0.1) is 0 Å². The monoisotopic (exact) mass is 301 g/mol. The zero-order chi connectivity index (χ0) is 14.5. The molecule has 0 bridgehead atoms. The van der Waals surface area contributed by atoms with E-state index in [9.17, 15) is 16.8 Å². The number of sulfone groups is 2. The molecule has 0 aliphatic heterocycles. The van der Waals surface area contributed by atoms with Crippen molar-refractivity contribution >= 4 is 19.7 Å². The molecule has 0 saturated carbocycles. The molecule has 1 atom stereocenters. The third-order valence-electron chi connectivity index (χ3n) is 2.54. The van der Waals surface area contributed by atoms with Gasteiger partial charge in [-0.05, 0) is 5.56 Å². The van der Waals surface area contributed by atoms with Crippen LogP contribution >= 0.6 is 0 Å². The summed E-state index contributed by atoms with van der Waals surface area (Å²) >= 11 is 0. The highest BCUT2D eigenvalue weighted by Gasteiger charge is 2.21. The molecule has 0 spiro atoms. The number of benzene rings is 1. The Hall–Kier alpha value is -1.39. The molecule has 0 radical (unpaired) electrons. The standard InChI is InChI=1S/C12H15NO4S2/c1-18(14,15)7-8-19(16,17)10-12(9-13)11-5-3-2-4-6-11/h2-6,12H,7-8,10H2,1H3. The van der Waals surface area contributed by atoms with Gasteiger partial charge in [-0.1, -0.05) is 30.3 Å². The quantitative estimate of drug-likeness (QED) is 0.773. The van der Waals surface area contributed by atoms with Crippen LogP contribution in [0.25, 0.3) is 0 Å². The van der Waals surface area contributed by atoms with Crippen molar-refractivity contribution in [3.63, 3.8) is 0 Å². The van der Waals surface area contributed by atoms with Gasteiger partial charge in [-0.3, -0.25) is 0 Å². The van der Waals surface area contributed by atoms with Crippen LogP contribution in [0, 0.1) is 11.3 Å². The van der Waals surface area contributed by atoms with Gasteiger partial charge < -0.3 is 0 Å². The average molecular weight is 301 g/mol. The first-order valence-corrected chi connectivity index (χ1v) is 9.44. The van der Waals surface area contributed by atoms with Gasteiger partial charge in [0.15, 0.2) is 9.84 Å². The summed E-state index contributed by atoms with van der Waals surface area (Å²) in [5.41, 5.74) is 0.618. The molecule has 0 aliphatic rings. The average Bonchev–Trinajstić information content (AvgIpc) is 2.34. The molecule has 1 aromatic carbocycles. The van der Waals surface area contributed by atoms with Gasteiger partial charge >= 0.3 is 0 Å². The van der Waals surface area contributed by atoms with Crippen molar-refractivity contribution in [3.8, 4) is 6.07 Å². The third-order valence-corrected chi connectivity index (χ3v) is 5.41. The number of nitrogens with zero attached hydrogens (tertiary/aromatic N) is 1. The molecule has 19 heavy (non-hydrogen) atoms. The highest BCUT2D eigenvalue weighted by Crippen LogP contribution is 2.17. The largest absolute Gasteiger partial charge is 0.229 e. The summed E-state index contributed by atoms with van der Waals surface area (Å²) in [6.45, 7) is 0. The van der Waals surface area contributed by atoms with Crippen molar-refractivity contribution in [2.45, 2.75) is 5.92 Å². The van der Waals surface area contributed by atoms with Gasteiger partial charge in [0.1, 0.15) is 9.84 Å². The van der Waals surface area contributed by atoms with Gasteiger partial charge in [-0.2, -0.15) is 5.26 Å². The highest BCUT2D eigenvalue weighted by molar-refractivity contribution is 7.94. The first-order valence-electron chi connectivity index (χ1n) is 5.56. The van der Waals surface area contributed by atoms with Crippen LogP contribution < -0.4 is 0 Å². The minimum absolute atomic E-state index is 0.358. The van der Waals surface area contributed by atoms with E-state index < -0.39 is 37.1 Å². The number of nitriles is 1. The maximum Gasteiger partial charge on any atom is 0.152 e. The van der Waals surface area contributed by atoms with Crippen molar-refractivity contribution < 1.29 is 16.8 Å². The minimum atomic E-state index is -3.58. The Bertz CT molecular complexity index is 657. The van der Waals surface area contributed by atoms with Crippen LogP contribution in [0.2, 0.25) is 0 Å². The molecule has 0 fully saturated rings. The summed E-state index contributed by atoms with van der Waals surface area (Å²) in [6, 6.07) is 10.5. The number of rotatable bonds is 6. The summed E-state index contributed by atoms with van der Waals surface area (Å²) in [4.78, 5) is 0. The summed E-state index contributed by atoms with van der Waals surface area (Å²) in [7, 11) is -6.90. The van der Waals surface area contributed by atoms with E-state index in [-0.39, 0.29) is 5.75 Å².